The number of carbonyl (C=O) groups is 2. The van der Waals surface area contributed by atoms with Crippen LogP contribution in [-0.2, 0) is 4.79 Å². The van der Waals surface area contributed by atoms with Crippen LogP contribution < -0.4 is 10.6 Å². The number of nitrogens with one attached hydrogen (secondary N) is 2. The third-order valence-corrected chi connectivity index (χ3v) is 5.06. The molecule has 29 heavy (non-hydrogen) atoms. The van der Waals surface area contributed by atoms with E-state index in [1.807, 2.05) is 37.4 Å². The van der Waals surface area contributed by atoms with Crippen LogP contribution in [0.1, 0.15) is 23.2 Å². The largest absolute Gasteiger partial charge is 0.373 e. The van der Waals surface area contributed by atoms with Gasteiger partial charge in [-0.05, 0) is 42.0 Å². The first kappa shape index (κ1) is 18.9. The third-order valence-electron chi connectivity index (χ3n) is 5.06. The Bertz CT molecular complexity index is 1090. The fraction of sp³-hybridized carbons (Fsp3) is 0.273. The van der Waals surface area contributed by atoms with Crippen LogP contribution >= 0.6 is 0 Å². The second-order valence-electron chi connectivity index (χ2n) is 7.43. The molecule has 4 rings (SSSR count). The molecule has 0 atom stereocenters. The molecule has 1 aliphatic rings. The van der Waals surface area contributed by atoms with Crippen LogP contribution in [0.2, 0.25) is 0 Å². The quantitative estimate of drug-likeness (QED) is 0.698. The van der Waals surface area contributed by atoms with Gasteiger partial charge >= 0.3 is 0 Å². The van der Waals surface area contributed by atoms with Gasteiger partial charge in [0.2, 0.25) is 5.91 Å². The maximum atomic E-state index is 12.2. The van der Waals surface area contributed by atoms with Crippen molar-refractivity contribution in [2.75, 3.05) is 31.8 Å². The summed E-state index contributed by atoms with van der Waals surface area (Å²) in [6.45, 7) is 0. The van der Waals surface area contributed by atoms with Crippen LogP contribution in [0.3, 0.4) is 0 Å². The molecule has 0 bridgehead atoms. The van der Waals surface area contributed by atoms with Crippen molar-refractivity contribution in [1.29, 1.82) is 0 Å². The molecule has 7 nitrogen and oxygen atoms in total. The topological polar surface area (TPSA) is 87.2 Å². The molecule has 0 unspecified atom stereocenters. The maximum absolute atomic E-state index is 12.2. The number of hydrogen-bond acceptors (Lipinski definition) is 5. The van der Waals surface area contributed by atoms with Crippen LogP contribution in [0.5, 0.6) is 0 Å². The predicted octanol–water partition coefficient (Wildman–Crippen LogP) is 3.39. The summed E-state index contributed by atoms with van der Waals surface area (Å²) in [6, 6.07) is 9.33. The number of fused-ring (bicyclic) bond motifs is 1. The summed E-state index contributed by atoms with van der Waals surface area (Å²) >= 11 is 0. The zero-order chi connectivity index (χ0) is 20.5. The Balaban J connectivity index is 1.76. The van der Waals surface area contributed by atoms with E-state index in [9.17, 15) is 9.59 Å². The monoisotopic (exact) mass is 389 g/mol. The molecule has 0 saturated heterocycles. The molecule has 2 amide bonds. The van der Waals surface area contributed by atoms with Crippen molar-refractivity contribution < 1.29 is 9.59 Å². The Morgan fingerprint density at radius 2 is 1.76 bits per heavy atom. The van der Waals surface area contributed by atoms with Gasteiger partial charge in [0.15, 0.2) is 0 Å². The summed E-state index contributed by atoms with van der Waals surface area (Å²) < 4.78 is 0. The van der Waals surface area contributed by atoms with E-state index in [4.69, 9.17) is 0 Å². The van der Waals surface area contributed by atoms with Crippen molar-refractivity contribution in [3.05, 3.63) is 48.3 Å². The third kappa shape index (κ3) is 3.76. The lowest BCUT2D eigenvalue weighted by Gasteiger charge is -2.13. The first-order chi connectivity index (χ1) is 14.0. The van der Waals surface area contributed by atoms with Gasteiger partial charge in [0.1, 0.15) is 11.6 Å². The molecule has 1 fully saturated rings. The van der Waals surface area contributed by atoms with Crippen LogP contribution in [0, 0.1) is 5.92 Å². The molecule has 148 valence electrons. The van der Waals surface area contributed by atoms with E-state index >= 15 is 0 Å². The lowest BCUT2D eigenvalue weighted by molar-refractivity contribution is -0.117. The minimum absolute atomic E-state index is 0.0212. The van der Waals surface area contributed by atoms with Gasteiger partial charge in [-0.3, -0.25) is 9.59 Å². The van der Waals surface area contributed by atoms with Crippen molar-refractivity contribution in [1.82, 2.24) is 14.9 Å². The molecule has 0 aliphatic heterocycles. The SMILES string of the molecule is CNc1ncc(-c2ccc(C(=O)N(C)C)cc2)c2cc(NC(=O)C3CC3)ncc12. The van der Waals surface area contributed by atoms with E-state index in [0.29, 0.717) is 11.4 Å². The summed E-state index contributed by atoms with van der Waals surface area (Å²) in [4.78, 5) is 34.7. The Kier molecular flexibility index (Phi) is 4.88. The van der Waals surface area contributed by atoms with Crippen LogP contribution in [0.25, 0.3) is 21.9 Å². The summed E-state index contributed by atoms with van der Waals surface area (Å²) in [6.07, 6.45) is 5.40. The highest BCUT2D eigenvalue weighted by Gasteiger charge is 2.29. The van der Waals surface area contributed by atoms with Crippen LogP contribution in [0.4, 0.5) is 11.6 Å². The molecular weight excluding hydrogens is 366 g/mol. The van der Waals surface area contributed by atoms with E-state index in [0.717, 1.165) is 40.6 Å². The first-order valence-corrected chi connectivity index (χ1v) is 9.57. The second-order valence-corrected chi connectivity index (χ2v) is 7.43. The number of benzene rings is 1. The number of nitrogens with zero attached hydrogens (tertiary/aromatic N) is 3. The van der Waals surface area contributed by atoms with Gasteiger partial charge in [-0.15, -0.1) is 0 Å². The van der Waals surface area contributed by atoms with Crippen LogP contribution in [0.15, 0.2) is 42.7 Å². The van der Waals surface area contributed by atoms with Crippen molar-refractivity contribution in [2.24, 2.45) is 5.92 Å². The number of anilines is 2. The average Bonchev–Trinajstić information content (AvgIpc) is 3.58. The Labute approximate surface area is 169 Å². The molecule has 2 heterocycles. The summed E-state index contributed by atoms with van der Waals surface area (Å²) in [7, 11) is 5.27. The minimum atomic E-state index is -0.0423. The van der Waals surface area contributed by atoms with Crippen molar-refractivity contribution >= 4 is 34.2 Å². The number of aromatic nitrogens is 2. The van der Waals surface area contributed by atoms with Gasteiger partial charge in [-0.2, -0.15) is 0 Å². The normalized spacial score (nSPS) is 13.2. The van der Waals surface area contributed by atoms with Gasteiger partial charge in [0.05, 0.1) is 0 Å². The highest BCUT2D eigenvalue weighted by atomic mass is 16.2. The molecule has 1 aliphatic carbocycles. The Morgan fingerprint density at radius 3 is 2.38 bits per heavy atom. The van der Waals surface area contributed by atoms with Crippen LogP contribution in [-0.4, -0.2) is 47.8 Å². The molecule has 3 aromatic rings. The zero-order valence-electron chi connectivity index (χ0n) is 16.7. The number of amides is 2. The smallest absolute Gasteiger partial charge is 0.253 e. The summed E-state index contributed by atoms with van der Waals surface area (Å²) in [5.41, 5.74) is 2.47. The number of pyridine rings is 2. The van der Waals surface area contributed by atoms with E-state index in [1.54, 1.807) is 31.4 Å². The van der Waals surface area contributed by atoms with E-state index < -0.39 is 0 Å². The Hall–Kier alpha value is -3.48. The molecular formula is C22H23N5O2. The minimum Gasteiger partial charge on any atom is -0.373 e. The molecule has 0 spiro atoms. The molecule has 1 saturated carbocycles. The van der Waals surface area contributed by atoms with Crippen molar-refractivity contribution in [3.8, 4) is 11.1 Å². The lowest BCUT2D eigenvalue weighted by Crippen LogP contribution is -2.21. The van der Waals surface area contributed by atoms with Crippen molar-refractivity contribution in [2.45, 2.75) is 12.8 Å². The van der Waals surface area contributed by atoms with E-state index in [2.05, 4.69) is 20.6 Å². The van der Waals surface area contributed by atoms with Gasteiger partial charge in [0, 0.05) is 56.0 Å². The molecule has 0 radical (unpaired) electrons. The number of hydrogen-bond donors (Lipinski definition) is 2. The second kappa shape index (κ2) is 7.50. The van der Waals surface area contributed by atoms with E-state index in [1.165, 1.54) is 0 Å². The van der Waals surface area contributed by atoms with Gasteiger partial charge in [0.25, 0.3) is 5.91 Å². The molecule has 2 aromatic heterocycles. The highest BCUT2D eigenvalue weighted by Crippen LogP contribution is 2.34. The standard InChI is InChI=1S/C22H23N5O2/c1-23-20-18-12-24-19(26-21(28)14-6-7-14)10-16(18)17(11-25-20)13-4-8-15(9-5-13)22(29)27(2)3/h4-5,8-12,14H,6-7H2,1-3H3,(H,23,25)(H,24,26,28). The summed E-state index contributed by atoms with van der Waals surface area (Å²) in [5, 5.41) is 7.78. The van der Waals surface area contributed by atoms with Gasteiger partial charge in [-0.25, -0.2) is 9.97 Å². The van der Waals surface area contributed by atoms with Gasteiger partial charge < -0.3 is 15.5 Å². The molecule has 2 N–H and O–H groups in total. The zero-order valence-corrected chi connectivity index (χ0v) is 16.7. The van der Waals surface area contributed by atoms with Gasteiger partial charge in [-0.1, -0.05) is 12.1 Å². The fourth-order valence-electron chi connectivity index (χ4n) is 3.26. The van der Waals surface area contributed by atoms with E-state index in [-0.39, 0.29) is 17.7 Å². The lowest BCUT2D eigenvalue weighted by atomic mass is 10.00. The first-order valence-electron chi connectivity index (χ1n) is 9.57. The number of rotatable bonds is 5. The fourth-order valence-corrected chi connectivity index (χ4v) is 3.26. The average molecular weight is 389 g/mol. The number of carbonyl (C=O) groups excluding carboxylic acids is 2. The maximum Gasteiger partial charge on any atom is 0.253 e. The highest BCUT2D eigenvalue weighted by molar-refractivity contribution is 6.04. The molecule has 1 aromatic carbocycles. The predicted molar refractivity (Wildman–Crippen MR) is 114 cm³/mol. The van der Waals surface area contributed by atoms with Crippen molar-refractivity contribution in [3.63, 3.8) is 0 Å². The summed E-state index contributed by atoms with van der Waals surface area (Å²) in [5.74, 6) is 1.34. The Morgan fingerprint density at radius 1 is 1.03 bits per heavy atom. The molecule has 7 heteroatoms.